The highest BCUT2D eigenvalue weighted by Crippen LogP contribution is 2.32. The third kappa shape index (κ3) is 4.46. The SMILES string of the molecule is CN1CCN(c2cccc3c2CC(NC(=O)c2cccc(C(F)(F)F)c2)CC3)CC1. The van der Waals surface area contributed by atoms with Crippen LogP contribution in [0.5, 0.6) is 0 Å². The number of nitrogens with zero attached hydrogens (tertiary/aromatic N) is 2. The summed E-state index contributed by atoms with van der Waals surface area (Å²) in [4.78, 5) is 17.3. The van der Waals surface area contributed by atoms with E-state index in [9.17, 15) is 18.0 Å². The molecule has 2 aromatic carbocycles. The zero-order chi connectivity index (χ0) is 21.3. The topological polar surface area (TPSA) is 35.6 Å². The Kier molecular flexibility index (Phi) is 5.73. The van der Waals surface area contributed by atoms with Crippen LogP contribution in [0.25, 0.3) is 0 Å². The van der Waals surface area contributed by atoms with Gasteiger partial charge in [-0.3, -0.25) is 4.79 Å². The molecule has 1 heterocycles. The number of aryl methyl sites for hydroxylation is 1. The number of anilines is 1. The molecule has 0 spiro atoms. The Bertz CT molecular complexity index is 920. The van der Waals surface area contributed by atoms with Crippen LogP contribution in [-0.4, -0.2) is 50.1 Å². The van der Waals surface area contributed by atoms with Crippen LogP contribution < -0.4 is 10.2 Å². The smallest absolute Gasteiger partial charge is 0.369 e. The molecule has 1 N–H and O–H groups in total. The third-order valence-electron chi connectivity index (χ3n) is 6.09. The fraction of sp³-hybridized carbons (Fsp3) is 0.435. The van der Waals surface area contributed by atoms with Crippen molar-refractivity contribution in [3.05, 3.63) is 64.7 Å². The van der Waals surface area contributed by atoms with Gasteiger partial charge in [-0.15, -0.1) is 0 Å². The number of likely N-dealkylation sites (N-methyl/N-ethyl adjacent to an activating group) is 1. The summed E-state index contributed by atoms with van der Waals surface area (Å²) in [6, 6.07) is 10.9. The summed E-state index contributed by atoms with van der Waals surface area (Å²) in [7, 11) is 2.12. The molecule has 4 nitrogen and oxygen atoms in total. The number of carbonyl (C=O) groups excluding carboxylic acids is 1. The second-order valence-corrected chi connectivity index (χ2v) is 8.20. The van der Waals surface area contributed by atoms with E-state index in [0.29, 0.717) is 6.42 Å². The lowest BCUT2D eigenvalue weighted by Gasteiger charge is -2.37. The van der Waals surface area contributed by atoms with Crippen molar-refractivity contribution in [1.29, 1.82) is 0 Å². The van der Waals surface area contributed by atoms with E-state index in [0.717, 1.165) is 51.2 Å². The number of nitrogens with one attached hydrogen (secondary N) is 1. The van der Waals surface area contributed by atoms with Crippen LogP contribution in [0.4, 0.5) is 18.9 Å². The molecule has 1 fully saturated rings. The van der Waals surface area contributed by atoms with Gasteiger partial charge >= 0.3 is 6.18 Å². The number of fused-ring (bicyclic) bond motifs is 1. The number of carbonyl (C=O) groups is 1. The number of amides is 1. The van der Waals surface area contributed by atoms with Gasteiger partial charge in [-0.1, -0.05) is 18.2 Å². The highest BCUT2D eigenvalue weighted by atomic mass is 19.4. The summed E-state index contributed by atoms with van der Waals surface area (Å²) in [6.45, 7) is 3.96. The molecular formula is C23H26F3N3O. The minimum absolute atomic E-state index is 0.0444. The Balaban J connectivity index is 1.49. The van der Waals surface area contributed by atoms with Crippen molar-refractivity contribution in [2.75, 3.05) is 38.1 Å². The first-order chi connectivity index (χ1) is 14.3. The fourth-order valence-electron chi connectivity index (χ4n) is 4.34. The minimum Gasteiger partial charge on any atom is -0.369 e. The van der Waals surface area contributed by atoms with Crippen LogP contribution >= 0.6 is 0 Å². The van der Waals surface area contributed by atoms with Crippen LogP contribution in [0, 0.1) is 0 Å². The molecule has 1 aliphatic heterocycles. The van der Waals surface area contributed by atoms with Gasteiger partial charge in [0.2, 0.25) is 0 Å². The van der Waals surface area contributed by atoms with E-state index >= 15 is 0 Å². The van der Waals surface area contributed by atoms with Gasteiger partial charge in [0.25, 0.3) is 5.91 Å². The van der Waals surface area contributed by atoms with Gasteiger partial charge in [-0.25, -0.2) is 0 Å². The molecule has 1 unspecified atom stereocenters. The van der Waals surface area contributed by atoms with Gasteiger partial charge < -0.3 is 15.1 Å². The van der Waals surface area contributed by atoms with E-state index in [-0.39, 0.29) is 11.6 Å². The molecule has 0 saturated carbocycles. The highest BCUT2D eigenvalue weighted by molar-refractivity contribution is 5.94. The molecule has 30 heavy (non-hydrogen) atoms. The van der Waals surface area contributed by atoms with Gasteiger partial charge in [0.15, 0.2) is 0 Å². The molecule has 1 aliphatic carbocycles. The number of alkyl halides is 3. The molecule has 0 radical (unpaired) electrons. The summed E-state index contributed by atoms with van der Waals surface area (Å²) < 4.78 is 38.9. The van der Waals surface area contributed by atoms with Crippen molar-refractivity contribution in [3.8, 4) is 0 Å². The largest absolute Gasteiger partial charge is 0.416 e. The third-order valence-corrected chi connectivity index (χ3v) is 6.09. The fourth-order valence-corrected chi connectivity index (χ4v) is 4.34. The van der Waals surface area contributed by atoms with Crippen LogP contribution in [-0.2, 0) is 19.0 Å². The molecule has 2 aliphatic rings. The van der Waals surface area contributed by atoms with Crippen molar-refractivity contribution >= 4 is 11.6 Å². The predicted molar refractivity (Wildman–Crippen MR) is 111 cm³/mol. The van der Waals surface area contributed by atoms with Gasteiger partial charge in [0, 0.05) is 43.5 Å². The van der Waals surface area contributed by atoms with Crippen LogP contribution in [0.3, 0.4) is 0 Å². The lowest BCUT2D eigenvalue weighted by Crippen LogP contribution is -2.45. The quantitative estimate of drug-likeness (QED) is 0.827. The van der Waals surface area contributed by atoms with Crippen molar-refractivity contribution < 1.29 is 18.0 Å². The average molecular weight is 417 g/mol. The maximum absolute atomic E-state index is 13.0. The Morgan fingerprint density at radius 1 is 1.07 bits per heavy atom. The molecule has 7 heteroatoms. The van der Waals surface area contributed by atoms with Crippen molar-refractivity contribution in [2.45, 2.75) is 31.5 Å². The normalized spacial score (nSPS) is 20.0. The molecule has 1 atom stereocenters. The van der Waals surface area contributed by atoms with Gasteiger partial charge in [0.1, 0.15) is 0 Å². The van der Waals surface area contributed by atoms with E-state index in [2.05, 4.69) is 40.4 Å². The lowest BCUT2D eigenvalue weighted by molar-refractivity contribution is -0.137. The van der Waals surface area contributed by atoms with Gasteiger partial charge in [-0.05, 0) is 61.7 Å². The molecule has 1 saturated heterocycles. The highest BCUT2D eigenvalue weighted by Gasteiger charge is 2.31. The molecule has 0 bridgehead atoms. The first-order valence-electron chi connectivity index (χ1n) is 10.3. The zero-order valence-electron chi connectivity index (χ0n) is 17.0. The average Bonchev–Trinajstić information content (AvgIpc) is 2.73. The van der Waals surface area contributed by atoms with E-state index in [1.54, 1.807) is 0 Å². The van der Waals surface area contributed by atoms with Gasteiger partial charge in [0.05, 0.1) is 5.56 Å². The standard InChI is InChI=1S/C23H26F3N3O/c1-28-10-12-29(13-11-28)21-7-3-4-16-8-9-19(15-20(16)21)27-22(30)17-5-2-6-18(14-17)23(24,25)26/h2-7,14,19H,8-13,15H2,1H3,(H,27,30). The summed E-state index contributed by atoms with van der Waals surface area (Å²) in [6.07, 6.45) is -2.13. The number of rotatable bonds is 3. The Hall–Kier alpha value is -2.54. The van der Waals surface area contributed by atoms with E-state index in [1.807, 2.05) is 0 Å². The second-order valence-electron chi connectivity index (χ2n) is 8.20. The van der Waals surface area contributed by atoms with E-state index < -0.39 is 17.6 Å². The summed E-state index contributed by atoms with van der Waals surface area (Å²) >= 11 is 0. The predicted octanol–water partition coefficient (Wildman–Crippen LogP) is 3.74. The van der Waals surface area contributed by atoms with Crippen molar-refractivity contribution in [3.63, 3.8) is 0 Å². The van der Waals surface area contributed by atoms with Crippen LogP contribution in [0.2, 0.25) is 0 Å². The zero-order valence-corrected chi connectivity index (χ0v) is 17.0. The molecule has 160 valence electrons. The number of hydrogen-bond acceptors (Lipinski definition) is 3. The van der Waals surface area contributed by atoms with E-state index in [4.69, 9.17) is 0 Å². The number of benzene rings is 2. The number of halogens is 3. The molecule has 1 amide bonds. The van der Waals surface area contributed by atoms with Crippen LogP contribution in [0.1, 0.15) is 33.5 Å². The summed E-state index contributed by atoms with van der Waals surface area (Å²) in [5.74, 6) is -0.452. The molecule has 0 aromatic heterocycles. The van der Waals surface area contributed by atoms with E-state index in [1.165, 1.54) is 28.9 Å². The maximum atomic E-state index is 13.0. The Labute approximate surface area is 174 Å². The minimum atomic E-state index is -4.46. The summed E-state index contributed by atoms with van der Waals surface area (Å²) in [5.41, 5.74) is 3.02. The van der Waals surface area contributed by atoms with Crippen molar-refractivity contribution in [2.24, 2.45) is 0 Å². The maximum Gasteiger partial charge on any atom is 0.416 e. The monoisotopic (exact) mass is 417 g/mol. The van der Waals surface area contributed by atoms with Gasteiger partial charge in [-0.2, -0.15) is 13.2 Å². The summed E-state index contributed by atoms with van der Waals surface area (Å²) in [5, 5.41) is 2.96. The lowest BCUT2D eigenvalue weighted by atomic mass is 9.86. The van der Waals surface area contributed by atoms with Crippen LogP contribution in [0.15, 0.2) is 42.5 Å². The first-order valence-corrected chi connectivity index (χ1v) is 10.3. The molecular weight excluding hydrogens is 391 g/mol. The molecule has 4 rings (SSSR count). The van der Waals surface area contributed by atoms with Crippen molar-refractivity contribution in [1.82, 2.24) is 10.2 Å². The molecule has 2 aromatic rings. The number of hydrogen-bond donors (Lipinski definition) is 1. The Morgan fingerprint density at radius 2 is 1.80 bits per heavy atom. The first kappa shape index (κ1) is 20.7. The number of piperazine rings is 1. The second kappa shape index (κ2) is 8.30. The Morgan fingerprint density at radius 3 is 2.53 bits per heavy atom.